The van der Waals surface area contributed by atoms with E-state index < -0.39 is 0 Å². The lowest BCUT2D eigenvalue weighted by Crippen LogP contribution is -2.43. The molecule has 0 N–H and O–H groups in total. The Hall–Kier alpha value is -0.440. The summed E-state index contributed by atoms with van der Waals surface area (Å²) in [5.74, 6) is 0.366. The van der Waals surface area contributed by atoms with Crippen LogP contribution in [0.1, 0.15) is 23.7 Å². The van der Waals surface area contributed by atoms with E-state index in [-0.39, 0.29) is 11.3 Å². The third kappa shape index (κ3) is 2.93. The van der Waals surface area contributed by atoms with E-state index in [1.165, 1.54) is 0 Å². The van der Waals surface area contributed by atoms with Gasteiger partial charge in [-0.15, -0.1) is 11.6 Å². The van der Waals surface area contributed by atoms with E-state index in [0.29, 0.717) is 28.1 Å². The lowest BCUT2D eigenvalue weighted by Gasteiger charge is -2.34. The van der Waals surface area contributed by atoms with Crippen LogP contribution in [0.5, 0.6) is 0 Å². The minimum Gasteiger partial charge on any atom is -0.337 e. The number of hydrogen-bond acceptors (Lipinski definition) is 1. The van der Waals surface area contributed by atoms with E-state index >= 15 is 0 Å². The highest BCUT2D eigenvalue weighted by Crippen LogP contribution is 2.26. The van der Waals surface area contributed by atoms with Crippen molar-refractivity contribution in [2.24, 2.45) is 5.92 Å². The second-order valence-corrected chi connectivity index (χ2v) is 6.06. The minimum absolute atomic E-state index is 0.00813. The monoisotopic (exact) mass is 305 g/mol. The molecule has 1 heterocycles. The number of alkyl halides is 1. The van der Waals surface area contributed by atoms with Gasteiger partial charge in [0.05, 0.1) is 16.0 Å². The van der Waals surface area contributed by atoms with E-state index in [2.05, 4.69) is 6.92 Å². The number of hydrogen-bond donors (Lipinski definition) is 0. The topological polar surface area (TPSA) is 20.3 Å². The molecule has 2 unspecified atom stereocenters. The summed E-state index contributed by atoms with van der Waals surface area (Å²) in [6.45, 7) is 3.40. The van der Waals surface area contributed by atoms with Crippen LogP contribution in [-0.4, -0.2) is 29.3 Å². The van der Waals surface area contributed by atoms with Crippen LogP contribution < -0.4 is 0 Å². The van der Waals surface area contributed by atoms with E-state index in [1.807, 2.05) is 0 Å². The summed E-state index contributed by atoms with van der Waals surface area (Å²) in [5.41, 5.74) is 0.486. The molecule has 0 aliphatic carbocycles. The van der Waals surface area contributed by atoms with Gasteiger partial charge in [-0.05, 0) is 30.5 Å². The van der Waals surface area contributed by atoms with Crippen LogP contribution in [0.2, 0.25) is 10.0 Å². The molecule has 1 aliphatic rings. The molecule has 2 atom stereocenters. The van der Waals surface area contributed by atoms with Gasteiger partial charge in [0.1, 0.15) is 0 Å². The van der Waals surface area contributed by atoms with Crippen LogP contribution in [0, 0.1) is 5.92 Å². The zero-order valence-electron chi connectivity index (χ0n) is 10.00. The van der Waals surface area contributed by atoms with Gasteiger partial charge in [-0.1, -0.05) is 30.1 Å². The number of likely N-dealkylation sites (tertiary alicyclic amines) is 1. The fourth-order valence-corrected chi connectivity index (χ4v) is 2.82. The zero-order valence-corrected chi connectivity index (χ0v) is 12.3. The molecule has 0 radical (unpaired) electrons. The summed E-state index contributed by atoms with van der Waals surface area (Å²) in [6, 6.07) is 4.92. The molecule has 0 spiro atoms. The molecule has 1 amide bonds. The Morgan fingerprint density at radius 1 is 1.39 bits per heavy atom. The summed E-state index contributed by atoms with van der Waals surface area (Å²) in [4.78, 5) is 14.1. The maximum Gasteiger partial charge on any atom is 0.255 e. The van der Waals surface area contributed by atoms with Crippen molar-refractivity contribution in [2.45, 2.75) is 18.7 Å². The summed E-state index contributed by atoms with van der Waals surface area (Å²) >= 11 is 18.1. The minimum atomic E-state index is -0.0748. The Kier molecular flexibility index (Phi) is 4.41. The summed E-state index contributed by atoms with van der Waals surface area (Å²) in [6.07, 6.45) is 0.922. The van der Waals surface area contributed by atoms with E-state index in [9.17, 15) is 4.79 Å². The van der Waals surface area contributed by atoms with Gasteiger partial charge in [-0.2, -0.15) is 0 Å². The lowest BCUT2D eigenvalue weighted by molar-refractivity contribution is 0.0701. The highest BCUT2D eigenvalue weighted by Gasteiger charge is 2.28. The van der Waals surface area contributed by atoms with Crippen LogP contribution in [0.4, 0.5) is 0 Å². The molecule has 1 aromatic carbocycles. The molecule has 1 aliphatic heterocycles. The highest BCUT2D eigenvalue weighted by molar-refractivity contribution is 6.36. The molecule has 98 valence electrons. The molecule has 5 heteroatoms. The third-order valence-corrected chi connectivity index (χ3v) is 4.43. The highest BCUT2D eigenvalue weighted by atomic mass is 35.5. The van der Waals surface area contributed by atoms with Crippen molar-refractivity contribution in [1.82, 2.24) is 4.90 Å². The number of amides is 1. The van der Waals surface area contributed by atoms with Gasteiger partial charge >= 0.3 is 0 Å². The Morgan fingerprint density at radius 3 is 2.72 bits per heavy atom. The predicted octanol–water partition coefficient (Wildman–Crippen LogP) is 4.08. The van der Waals surface area contributed by atoms with Crippen molar-refractivity contribution in [3.8, 4) is 0 Å². The fourth-order valence-electron chi connectivity index (χ4n) is 2.04. The molecule has 2 rings (SSSR count). The van der Waals surface area contributed by atoms with Crippen molar-refractivity contribution in [3.05, 3.63) is 33.8 Å². The van der Waals surface area contributed by atoms with Crippen LogP contribution >= 0.6 is 34.8 Å². The molecule has 1 saturated heterocycles. The molecule has 0 saturated carbocycles. The SMILES string of the molecule is CC1CCN(C(=O)c2ccc(Cl)cc2Cl)CC1Cl. The normalized spacial score (nSPS) is 24.1. The molecular formula is C13H14Cl3NO. The molecule has 2 nitrogen and oxygen atoms in total. The van der Waals surface area contributed by atoms with Crippen molar-refractivity contribution in [3.63, 3.8) is 0 Å². The average Bonchev–Trinajstić information content (AvgIpc) is 2.32. The smallest absolute Gasteiger partial charge is 0.255 e. The van der Waals surface area contributed by atoms with Crippen LogP contribution in [0.25, 0.3) is 0 Å². The molecule has 1 fully saturated rings. The summed E-state index contributed by atoms with van der Waals surface area (Å²) < 4.78 is 0. The number of benzene rings is 1. The maximum absolute atomic E-state index is 12.3. The second kappa shape index (κ2) is 5.68. The quantitative estimate of drug-likeness (QED) is 0.716. The third-order valence-electron chi connectivity index (χ3n) is 3.32. The predicted molar refractivity (Wildman–Crippen MR) is 75.8 cm³/mol. The van der Waals surface area contributed by atoms with Crippen LogP contribution in [-0.2, 0) is 0 Å². The first-order valence-corrected chi connectivity index (χ1v) is 7.06. The van der Waals surface area contributed by atoms with Gasteiger partial charge in [0.15, 0.2) is 0 Å². The van der Waals surface area contributed by atoms with Crippen LogP contribution in [0.15, 0.2) is 18.2 Å². The van der Waals surface area contributed by atoms with Crippen molar-refractivity contribution < 1.29 is 4.79 Å². The Labute approximate surface area is 122 Å². The van der Waals surface area contributed by atoms with Gasteiger partial charge in [0.2, 0.25) is 0 Å². The number of nitrogens with zero attached hydrogens (tertiary/aromatic N) is 1. The largest absolute Gasteiger partial charge is 0.337 e. The molecular weight excluding hydrogens is 293 g/mol. The molecule has 0 aromatic heterocycles. The first-order chi connectivity index (χ1) is 8.49. The first-order valence-electron chi connectivity index (χ1n) is 5.87. The van der Waals surface area contributed by atoms with Crippen molar-refractivity contribution in [1.29, 1.82) is 0 Å². The molecule has 18 heavy (non-hydrogen) atoms. The number of carbonyl (C=O) groups excluding carboxylic acids is 1. The first kappa shape index (κ1) is 14.0. The Balaban J connectivity index is 2.16. The van der Waals surface area contributed by atoms with Gasteiger partial charge in [0, 0.05) is 18.1 Å². The van der Waals surface area contributed by atoms with Crippen molar-refractivity contribution >= 4 is 40.7 Å². The van der Waals surface area contributed by atoms with Crippen molar-refractivity contribution in [2.75, 3.05) is 13.1 Å². The average molecular weight is 307 g/mol. The van der Waals surface area contributed by atoms with Crippen LogP contribution in [0.3, 0.4) is 0 Å². The van der Waals surface area contributed by atoms with E-state index in [0.717, 1.165) is 13.0 Å². The van der Waals surface area contributed by atoms with Gasteiger partial charge in [-0.25, -0.2) is 0 Å². The molecule has 0 bridgehead atoms. The standard InChI is InChI=1S/C13H14Cl3NO/c1-8-4-5-17(7-12(8)16)13(18)10-3-2-9(14)6-11(10)15/h2-3,6,8,12H,4-5,7H2,1H3. The maximum atomic E-state index is 12.3. The number of carbonyl (C=O) groups is 1. The van der Waals surface area contributed by atoms with E-state index in [4.69, 9.17) is 34.8 Å². The second-order valence-electron chi connectivity index (χ2n) is 4.66. The van der Waals surface area contributed by atoms with Gasteiger partial charge in [0.25, 0.3) is 5.91 Å². The number of halogens is 3. The number of piperidine rings is 1. The number of rotatable bonds is 1. The van der Waals surface area contributed by atoms with Gasteiger partial charge < -0.3 is 4.90 Å². The fraction of sp³-hybridized carbons (Fsp3) is 0.462. The zero-order chi connectivity index (χ0) is 13.3. The molecule has 1 aromatic rings. The Bertz CT molecular complexity index is 464. The lowest BCUT2D eigenvalue weighted by atomic mass is 9.98. The van der Waals surface area contributed by atoms with E-state index in [1.54, 1.807) is 23.1 Å². The Morgan fingerprint density at radius 2 is 2.11 bits per heavy atom. The van der Waals surface area contributed by atoms with Gasteiger partial charge in [-0.3, -0.25) is 4.79 Å². The summed E-state index contributed by atoms with van der Waals surface area (Å²) in [5, 5.41) is 0.921. The summed E-state index contributed by atoms with van der Waals surface area (Å²) in [7, 11) is 0.